The topological polar surface area (TPSA) is 60.9 Å². The van der Waals surface area contributed by atoms with Crippen LogP contribution in [0.2, 0.25) is 0 Å². The van der Waals surface area contributed by atoms with Crippen LogP contribution < -0.4 is 0 Å². The second-order valence-corrected chi connectivity index (χ2v) is 4.87. The van der Waals surface area contributed by atoms with E-state index in [0.717, 1.165) is 0 Å². The van der Waals surface area contributed by atoms with Gasteiger partial charge in [0.05, 0.1) is 24.6 Å². The molecule has 0 aromatic rings. The van der Waals surface area contributed by atoms with Gasteiger partial charge in [0.2, 0.25) is 11.8 Å². The van der Waals surface area contributed by atoms with Crippen LogP contribution in [0.25, 0.3) is 0 Å². The predicted octanol–water partition coefficient (Wildman–Crippen LogP) is -0.942. The van der Waals surface area contributed by atoms with E-state index in [-0.39, 0.29) is 17.7 Å². The Labute approximate surface area is 88.6 Å². The molecule has 1 N–H and O–H groups in total. The number of likely N-dealkylation sites (tertiary alicyclic amines) is 2. The summed E-state index contributed by atoms with van der Waals surface area (Å²) in [5.41, 5.74) is -0.732. The maximum atomic E-state index is 11.8. The van der Waals surface area contributed by atoms with Crippen LogP contribution in [0.4, 0.5) is 0 Å². The molecule has 1 atom stereocenters. The summed E-state index contributed by atoms with van der Waals surface area (Å²) in [6.07, 6.45) is 0.313. The van der Waals surface area contributed by atoms with E-state index in [1.807, 2.05) is 0 Å². The van der Waals surface area contributed by atoms with Gasteiger partial charge >= 0.3 is 0 Å². The molecule has 2 aliphatic rings. The van der Waals surface area contributed by atoms with Crippen LogP contribution >= 0.6 is 0 Å². The Bertz CT molecular complexity index is 306. The van der Waals surface area contributed by atoms with Gasteiger partial charge in [-0.15, -0.1) is 0 Å². The Kier molecular flexibility index (Phi) is 2.22. The van der Waals surface area contributed by atoms with E-state index in [2.05, 4.69) is 0 Å². The number of nitrogens with zero attached hydrogens (tertiary/aromatic N) is 2. The molecule has 0 spiro atoms. The lowest BCUT2D eigenvalue weighted by Gasteiger charge is -2.45. The molecule has 0 aromatic heterocycles. The smallest absolute Gasteiger partial charge is 0.228 e. The number of rotatable bonds is 1. The number of carbonyl (C=O) groups is 2. The van der Waals surface area contributed by atoms with Gasteiger partial charge in [0.25, 0.3) is 0 Å². The number of hydrogen-bond acceptors (Lipinski definition) is 3. The second kappa shape index (κ2) is 3.20. The van der Waals surface area contributed by atoms with E-state index in [0.29, 0.717) is 26.1 Å². The summed E-state index contributed by atoms with van der Waals surface area (Å²) in [4.78, 5) is 26.3. The fraction of sp³-hybridized carbons (Fsp3) is 0.800. The van der Waals surface area contributed by atoms with Crippen molar-refractivity contribution >= 4 is 11.8 Å². The molecular formula is C10H16N2O3. The molecule has 0 bridgehead atoms. The Morgan fingerprint density at radius 1 is 1.53 bits per heavy atom. The maximum Gasteiger partial charge on any atom is 0.228 e. The van der Waals surface area contributed by atoms with Crippen LogP contribution in [0.5, 0.6) is 0 Å². The van der Waals surface area contributed by atoms with Crippen molar-refractivity contribution in [2.24, 2.45) is 5.92 Å². The van der Waals surface area contributed by atoms with Crippen molar-refractivity contribution in [3.63, 3.8) is 0 Å². The minimum Gasteiger partial charge on any atom is -0.386 e. The van der Waals surface area contributed by atoms with E-state index >= 15 is 0 Å². The van der Waals surface area contributed by atoms with E-state index in [1.165, 1.54) is 0 Å². The Balaban J connectivity index is 1.91. The maximum absolute atomic E-state index is 11.8. The number of hydrogen-bond donors (Lipinski definition) is 1. The first-order valence-corrected chi connectivity index (χ1v) is 5.14. The standard InChI is InChI=1S/C10H16N2O3/c1-10(15)5-12(6-10)9(14)7-3-8(13)11(2)4-7/h7,15H,3-6H2,1-2H3. The minimum absolute atomic E-state index is 0.000718. The number of amides is 2. The lowest BCUT2D eigenvalue weighted by molar-refractivity contribution is -0.156. The van der Waals surface area contributed by atoms with E-state index in [9.17, 15) is 14.7 Å². The molecule has 2 aliphatic heterocycles. The van der Waals surface area contributed by atoms with Gasteiger partial charge in [0.1, 0.15) is 0 Å². The van der Waals surface area contributed by atoms with Crippen LogP contribution in [-0.4, -0.2) is 59.0 Å². The number of aliphatic hydroxyl groups is 1. The summed E-state index contributed by atoms with van der Waals surface area (Å²) < 4.78 is 0. The Hall–Kier alpha value is -1.10. The van der Waals surface area contributed by atoms with Crippen LogP contribution in [0, 0.1) is 5.92 Å². The normalized spacial score (nSPS) is 29.3. The minimum atomic E-state index is -0.732. The third-order valence-corrected chi connectivity index (χ3v) is 3.06. The first kappa shape index (κ1) is 10.4. The number of carbonyl (C=O) groups excluding carboxylic acids is 2. The third-order valence-electron chi connectivity index (χ3n) is 3.06. The van der Waals surface area contributed by atoms with Gasteiger partial charge in [0.15, 0.2) is 0 Å². The Morgan fingerprint density at radius 2 is 2.13 bits per heavy atom. The van der Waals surface area contributed by atoms with Crippen molar-refractivity contribution < 1.29 is 14.7 Å². The van der Waals surface area contributed by atoms with Crippen LogP contribution in [-0.2, 0) is 9.59 Å². The largest absolute Gasteiger partial charge is 0.386 e. The van der Waals surface area contributed by atoms with Crippen molar-refractivity contribution in [3.8, 4) is 0 Å². The molecule has 2 heterocycles. The molecule has 0 radical (unpaired) electrons. The summed E-state index contributed by atoms with van der Waals surface area (Å²) >= 11 is 0. The summed E-state index contributed by atoms with van der Waals surface area (Å²) in [6, 6.07) is 0. The molecule has 0 saturated carbocycles. The lowest BCUT2D eigenvalue weighted by atomic mass is 9.94. The lowest BCUT2D eigenvalue weighted by Crippen LogP contribution is -2.62. The highest BCUT2D eigenvalue weighted by molar-refractivity contribution is 5.89. The molecule has 2 rings (SSSR count). The molecular weight excluding hydrogens is 196 g/mol. The van der Waals surface area contributed by atoms with E-state index in [4.69, 9.17) is 0 Å². The zero-order valence-electron chi connectivity index (χ0n) is 9.06. The van der Waals surface area contributed by atoms with Crippen LogP contribution in [0.3, 0.4) is 0 Å². The first-order chi connectivity index (χ1) is 6.89. The average molecular weight is 212 g/mol. The monoisotopic (exact) mass is 212 g/mol. The van der Waals surface area contributed by atoms with Crippen molar-refractivity contribution in [2.75, 3.05) is 26.7 Å². The first-order valence-electron chi connectivity index (χ1n) is 5.14. The predicted molar refractivity (Wildman–Crippen MR) is 52.9 cm³/mol. The summed E-state index contributed by atoms with van der Waals surface area (Å²) in [5.74, 6) is -0.182. The Morgan fingerprint density at radius 3 is 2.53 bits per heavy atom. The van der Waals surface area contributed by atoms with Gasteiger partial charge < -0.3 is 14.9 Å². The van der Waals surface area contributed by atoms with Crippen molar-refractivity contribution in [1.29, 1.82) is 0 Å². The third kappa shape index (κ3) is 1.84. The molecule has 1 unspecified atom stereocenters. The average Bonchev–Trinajstić information content (AvgIpc) is 2.42. The van der Waals surface area contributed by atoms with Gasteiger partial charge in [-0.05, 0) is 6.92 Å². The fourth-order valence-corrected chi connectivity index (χ4v) is 2.22. The summed E-state index contributed by atoms with van der Waals surface area (Å²) in [5, 5.41) is 9.51. The molecule has 5 heteroatoms. The highest BCUT2D eigenvalue weighted by Gasteiger charge is 2.43. The molecule has 5 nitrogen and oxygen atoms in total. The SMILES string of the molecule is CN1CC(C(=O)N2CC(C)(O)C2)CC1=O. The summed E-state index contributed by atoms with van der Waals surface area (Å²) in [7, 11) is 1.71. The van der Waals surface area contributed by atoms with Crippen LogP contribution in [0.1, 0.15) is 13.3 Å². The quantitative estimate of drug-likeness (QED) is 0.610. The summed E-state index contributed by atoms with van der Waals surface area (Å²) in [6.45, 7) is 3.00. The van der Waals surface area contributed by atoms with Gasteiger partial charge in [0, 0.05) is 20.0 Å². The molecule has 0 aromatic carbocycles. The number of β-amino-alcohol motifs (C(OH)–C–C–N with tert-alkyl or cyclic N) is 1. The molecule has 2 fully saturated rings. The molecule has 2 saturated heterocycles. The van der Waals surface area contributed by atoms with Gasteiger partial charge in [-0.3, -0.25) is 9.59 Å². The van der Waals surface area contributed by atoms with Crippen LogP contribution in [0.15, 0.2) is 0 Å². The van der Waals surface area contributed by atoms with E-state index < -0.39 is 5.60 Å². The highest BCUT2D eigenvalue weighted by atomic mass is 16.3. The molecule has 84 valence electrons. The highest BCUT2D eigenvalue weighted by Crippen LogP contribution is 2.25. The van der Waals surface area contributed by atoms with E-state index in [1.54, 1.807) is 23.8 Å². The van der Waals surface area contributed by atoms with Crippen molar-refractivity contribution in [3.05, 3.63) is 0 Å². The van der Waals surface area contributed by atoms with Crippen molar-refractivity contribution in [2.45, 2.75) is 18.9 Å². The molecule has 15 heavy (non-hydrogen) atoms. The second-order valence-electron chi connectivity index (χ2n) is 4.87. The van der Waals surface area contributed by atoms with Gasteiger partial charge in [-0.2, -0.15) is 0 Å². The fourth-order valence-electron chi connectivity index (χ4n) is 2.22. The zero-order chi connectivity index (χ0) is 11.2. The molecule has 2 amide bonds. The van der Waals surface area contributed by atoms with Gasteiger partial charge in [-0.1, -0.05) is 0 Å². The van der Waals surface area contributed by atoms with Gasteiger partial charge in [-0.25, -0.2) is 0 Å². The molecule has 0 aliphatic carbocycles. The zero-order valence-corrected chi connectivity index (χ0v) is 9.06. The van der Waals surface area contributed by atoms with Crippen molar-refractivity contribution in [1.82, 2.24) is 9.80 Å².